The van der Waals surface area contributed by atoms with Crippen LogP contribution in [0.15, 0.2) is 30.3 Å². The Hall–Kier alpha value is -2.70. The summed E-state index contributed by atoms with van der Waals surface area (Å²) in [6, 6.07) is 9.90. The van der Waals surface area contributed by atoms with Crippen LogP contribution in [0.4, 0.5) is 0 Å². The molecule has 7 heteroatoms. The van der Waals surface area contributed by atoms with Gasteiger partial charge in [0.15, 0.2) is 5.82 Å². The standard InChI is InChI=1S/C21H26N4O3/c26-20(16-6-8-17(9-7-16)21(27)28)25-12-10-15(11-13-25)19-22-18(23-24-19)14-4-2-1-3-5-14/h1-5,15-17H,6-13H2,(H,27,28)(H,22,23,24). The highest BCUT2D eigenvalue weighted by atomic mass is 16.4. The third-order valence-electron chi connectivity index (χ3n) is 6.15. The van der Waals surface area contributed by atoms with Crippen LogP contribution >= 0.6 is 0 Å². The summed E-state index contributed by atoms with van der Waals surface area (Å²) in [6.45, 7) is 1.45. The number of H-pyrrole nitrogens is 1. The van der Waals surface area contributed by atoms with Crippen LogP contribution in [0.3, 0.4) is 0 Å². The van der Waals surface area contributed by atoms with Gasteiger partial charge in [-0.05, 0) is 38.5 Å². The molecule has 2 fully saturated rings. The van der Waals surface area contributed by atoms with Gasteiger partial charge < -0.3 is 10.0 Å². The van der Waals surface area contributed by atoms with Crippen LogP contribution in [-0.4, -0.2) is 50.2 Å². The molecule has 2 N–H and O–H groups in total. The number of carbonyl (C=O) groups excluding carboxylic acids is 1. The van der Waals surface area contributed by atoms with E-state index in [-0.39, 0.29) is 23.7 Å². The molecule has 4 rings (SSSR count). The number of carboxylic acid groups (broad SMARTS) is 1. The molecule has 28 heavy (non-hydrogen) atoms. The fourth-order valence-corrected chi connectivity index (χ4v) is 4.39. The summed E-state index contributed by atoms with van der Waals surface area (Å²) in [5.41, 5.74) is 0.995. The highest BCUT2D eigenvalue weighted by Gasteiger charge is 2.34. The fraction of sp³-hybridized carbons (Fsp3) is 0.524. The number of carbonyl (C=O) groups is 2. The number of aliphatic carboxylic acids is 1. The van der Waals surface area contributed by atoms with Crippen LogP contribution in [0.5, 0.6) is 0 Å². The van der Waals surface area contributed by atoms with Gasteiger partial charge in [0, 0.05) is 30.5 Å². The van der Waals surface area contributed by atoms with Crippen molar-refractivity contribution in [1.29, 1.82) is 0 Å². The van der Waals surface area contributed by atoms with Crippen molar-refractivity contribution in [3.05, 3.63) is 36.2 Å². The summed E-state index contributed by atoms with van der Waals surface area (Å²) in [5, 5.41) is 16.5. The number of aromatic nitrogens is 3. The molecule has 1 aromatic carbocycles. The highest BCUT2D eigenvalue weighted by molar-refractivity contribution is 5.79. The Bertz CT molecular complexity index is 819. The van der Waals surface area contributed by atoms with Gasteiger partial charge in [0.25, 0.3) is 0 Å². The predicted molar refractivity (Wildman–Crippen MR) is 103 cm³/mol. The van der Waals surface area contributed by atoms with Crippen LogP contribution in [0, 0.1) is 11.8 Å². The molecular formula is C21H26N4O3. The molecule has 1 aromatic heterocycles. The second kappa shape index (κ2) is 8.12. The van der Waals surface area contributed by atoms with Gasteiger partial charge in [-0.25, -0.2) is 4.98 Å². The van der Waals surface area contributed by atoms with Crippen molar-refractivity contribution in [3.8, 4) is 11.4 Å². The third-order valence-corrected chi connectivity index (χ3v) is 6.15. The molecule has 7 nitrogen and oxygen atoms in total. The smallest absolute Gasteiger partial charge is 0.306 e. The number of benzene rings is 1. The SMILES string of the molecule is O=C(O)C1CCC(C(=O)N2CCC(c3nc(-c4ccccc4)n[nH]3)CC2)CC1. The van der Waals surface area contributed by atoms with E-state index in [1.54, 1.807) is 0 Å². The minimum atomic E-state index is -0.728. The van der Waals surface area contributed by atoms with Crippen molar-refractivity contribution in [2.24, 2.45) is 11.8 Å². The van der Waals surface area contributed by atoms with Gasteiger partial charge in [-0.3, -0.25) is 14.7 Å². The van der Waals surface area contributed by atoms with Crippen LogP contribution < -0.4 is 0 Å². The molecule has 2 heterocycles. The monoisotopic (exact) mass is 382 g/mol. The molecule has 0 spiro atoms. The molecule has 148 valence electrons. The van der Waals surface area contributed by atoms with E-state index >= 15 is 0 Å². The number of hydrogen-bond acceptors (Lipinski definition) is 4. The Labute approximate surface area is 164 Å². The first-order valence-electron chi connectivity index (χ1n) is 10.1. The molecule has 0 bridgehead atoms. The number of rotatable bonds is 4. The lowest BCUT2D eigenvalue weighted by molar-refractivity contribution is -0.146. The molecule has 1 aliphatic heterocycles. The van der Waals surface area contributed by atoms with Gasteiger partial charge >= 0.3 is 5.97 Å². The Kier molecular flexibility index (Phi) is 5.41. The average molecular weight is 382 g/mol. The number of aromatic amines is 1. The van der Waals surface area contributed by atoms with E-state index in [0.29, 0.717) is 31.5 Å². The lowest BCUT2D eigenvalue weighted by atomic mass is 9.81. The topological polar surface area (TPSA) is 99.2 Å². The van der Waals surface area contributed by atoms with Crippen molar-refractivity contribution in [2.75, 3.05) is 13.1 Å². The molecule has 0 radical (unpaired) electrons. The second-order valence-electron chi connectivity index (χ2n) is 7.90. The quantitative estimate of drug-likeness (QED) is 0.847. The predicted octanol–water partition coefficient (Wildman–Crippen LogP) is 3.07. The maximum Gasteiger partial charge on any atom is 0.306 e. The van der Waals surface area contributed by atoms with Crippen molar-refractivity contribution in [2.45, 2.75) is 44.4 Å². The third kappa shape index (κ3) is 3.93. The van der Waals surface area contributed by atoms with E-state index in [2.05, 4.69) is 15.2 Å². The molecule has 1 amide bonds. The molecule has 0 unspecified atom stereocenters. The van der Waals surface area contributed by atoms with Gasteiger partial charge in [-0.15, -0.1) is 0 Å². The van der Waals surface area contributed by atoms with E-state index in [4.69, 9.17) is 5.11 Å². The van der Waals surface area contributed by atoms with Crippen LogP contribution in [0.2, 0.25) is 0 Å². The summed E-state index contributed by atoms with van der Waals surface area (Å²) >= 11 is 0. The zero-order valence-electron chi connectivity index (χ0n) is 15.9. The molecule has 1 saturated carbocycles. The van der Waals surface area contributed by atoms with Gasteiger partial charge in [0.2, 0.25) is 5.91 Å². The van der Waals surface area contributed by atoms with Crippen molar-refractivity contribution < 1.29 is 14.7 Å². The van der Waals surface area contributed by atoms with E-state index < -0.39 is 5.97 Å². The van der Waals surface area contributed by atoms with E-state index in [9.17, 15) is 9.59 Å². The van der Waals surface area contributed by atoms with Crippen molar-refractivity contribution >= 4 is 11.9 Å². The van der Waals surface area contributed by atoms with E-state index in [1.807, 2.05) is 35.2 Å². The highest BCUT2D eigenvalue weighted by Crippen LogP contribution is 2.33. The lowest BCUT2D eigenvalue weighted by Gasteiger charge is -2.35. The molecular weight excluding hydrogens is 356 g/mol. The zero-order valence-corrected chi connectivity index (χ0v) is 15.9. The van der Waals surface area contributed by atoms with Crippen molar-refractivity contribution in [3.63, 3.8) is 0 Å². The summed E-state index contributed by atoms with van der Waals surface area (Å²) < 4.78 is 0. The van der Waals surface area contributed by atoms with Gasteiger partial charge in [-0.1, -0.05) is 30.3 Å². The molecule has 1 aliphatic carbocycles. The van der Waals surface area contributed by atoms with E-state index in [0.717, 1.165) is 37.3 Å². The normalized spacial score (nSPS) is 23.5. The largest absolute Gasteiger partial charge is 0.481 e. The first-order chi connectivity index (χ1) is 13.6. The lowest BCUT2D eigenvalue weighted by Crippen LogP contribution is -2.42. The number of amides is 1. The van der Waals surface area contributed by atoms with Gasteiger partial charge in [0.1, 0.15) is 5.82 Å². The maximum absolute atomic E-state index is 12.8. The number of hydrogen-bond donors (Lipinski definition) is 2. The minimum Gasteiger partial charge on any atom is -0.481 e. The summed E-state index contributed by atoms with van der Waals surface area (Å²) in [4.78, 5) is 30.5. The van der Waals surface area contributed by atoms with Crippen LogP contribution in [0.1, 0.15) is 50.3 Å². The second-order valence-corrected chi connectivity index (χ2v) is 7.90. The van der Waals surface area contributed by atoms with Crippen LogP contribution in [-0.2, 0) is 9.59 Å². The number of likely N-dealkylation sites (tertiary alicyclic amines) is 1. The summed E-state index contributed by atoms with van der Waals surface area (Å²) in [5.74, 6) is 1.08. The molecule has 0 atom stereocenters. The molecule has 2 aromatic rings. The molecule has 2 aliphatic rings. The number of nitrogens with zero attached hydrogens (tertiary/aromatic N) is 3. The average Bonchev–Trinajstić information content (AvgIpc) is 3.24. The number of carboxylic acids is 1. The Morgan fingerprint density at radius 3 is 2.25 bits per heavy atom. The maximum atomic E-state index is 12.8. The fourth-order valence-electron chi connectivity index (χ4n) is 4.39. The summed E-state index contributed by atoms with van der Waals surface area (Å²) in [7, 11) is 0. The number of piperidine rings is 1. The van der Waals surface area contributed by atoms with E-state index in [1.165, 1.54) is 0 Å². The first kappa shape index (κ1) is 18.7. The first-order valence-corrected chi connectivity index (χ1v) is 10.1. The Morgan fingerprint density at radius 2 is 1.61 bits per heavy atom. The molecule has 1 saturated heterocycles. The Morgan fingerprint density at radius 1 is 0.964 bits per heavy atom. The van der Waals surface area contributed by atoms with Crippen LogP contribution in [0.25, 0.3) is 11.4 Å². The Balaban J connectivity index is 1.31. The van der Waals surface area contributed by atoms with Gasteiger partial charge in [0.05, 0.1) is 5.92 Å². The zero-order chi connectivity index (χ0) is 19.5. The number of nitrogens with one attached hydrogen (secondary N) is 1. The summed E-state index contributed by atoms with van der Waals surface area (Å²) in [6.07, 6.45) is 4.36. The minimum absolute atomic E-state index is 0.0119. The van der Waals surface area contributed by atoms with Gasteiger partial charge in [-0.2, -0.15) is 5.10 Å². The van der Waals surface area contributed by atoms with Crippen molar-refractivity contribution in [1.82, 2.24) is 20.1 Å².